The highest BCUT2D eigenvalue weighted by Gasteiger charge is 2.14. The van der Waals surface area contributed by atoms with Crippen molar-refractivity contribution in [1.82, 2.24) is 4.90 Å². The molecule has 3 nitrogen and oxygen atoms in total. The molecule has 0 atom stereocenters. The Bertz CT molecular complexity index is 429. The smallest absolute Gasteiger partial charge is 0.256 e. The molecule has 0 aliphatic heterocycles. The second kappa shape index (κ2) is 5.16. The minimum absolute atomic E-state index is 0.0956. The maximum Gasteiger partial charge on any atom is 0.256 e. The van der Waals surface area contributed by atoms with Crippen molar-refractivity contribution in [3.8, 4) is 0 Å². The Morgan fingerprint density at radius 1 is 1.56 bits per heavy atom. The molecule has 0 heterocycles. The van der Waals surface area contributed by atoms with Crippen LogP contribution in [-0.4, -0.2) is 24.4 Å². The lowest BCUT2D eigenvalue weighted by molar-refractivity contribution is 0.0808. The molecule has 1 rings (SSSR count). The summed E-state index contributed by atoms with van der Waals surface area (Å²) in [4.78, 5) is 13.6. The molecule has 0 radical (unpaired) electrons. The van der Waals surface area contributed by atoms with E-state index in [-0.39, 0.29) is 5.91 Å². The molecule has 1 amide bonds. The van der Waals surface area contributed by atoms with Gasteiger partial charge in [0, 0.05) is 23.8 Å². The number of hydrogen-bond donors (Lipinski definition) is 1. The Hall–Kier alpha value is -1.29. The van der Waals surface area contributed by atoms with E-state index in [1.165, 1.54) is 0 Å². The second-order valence-electron chi connectivity index (χ2n) is 3.85. The van der Waals surface area contributed by atoms with Crippen molar-refractivity contribution in [1.29, 1.82) is 0 Å². The number of carbonyl (C=O) groups excluding carboxylic acids is 1. The molecular weight excluding hydrogens is 268 g/mol. The number of likely N-dealkylation sites (N-methyl/N-ethyl adjacent to an activating group) is 1. The van der Waals surface area contributed by atoms with Crippen molar-refractivity contribution in [2.75, 3.05) is 19.3 Å². The number of anilines is 1. The van der Waals surface area contributed by atoms with Gasteiger partial charge in [0.15, 0.2) is 0 Å². The molecule has 0 saturated heterocycles. The van der Waals surface area contributed by atoms with Crippen LogP contribution in [-0.2, 0) is 0 Å². The quantitative estimate of drug-likeness (QED) is 0.684. The first kappa shape index (κ1) is 12.8. The van der Waals surface area contributed by atoms with Crippen LogP contribution in [0.5, 0.6) is 0 Å². The standard InChI is InChI=1S/C12H15BrN2O/c1-8(2)7-15(3)12(16)10-6-9(13)4-5-11(10)14/h4-6H,1,7,14H2,2-3H3. The number of rotatable bonds is 3. The number of carbonyl (C=O) groups is 1. The van der Waals surface area contributed by atoms with Gasteiger partial charge in [-0.15, -0.1) is 0 Å². The molecule has 4 heteroatoms. The van der Waals surface area contributed by atoms with Crippen LogP contribution in [0.3, 0.4) is 0 Å². The number of amides is 1. The first-order chi connectivity index (χ1) is 7.41. The summed E-state index contributed by atoms with van der Waals surface area (Å²) in [7, 11) is 1.73. The van der Waals surface area contributed by atoms with E-state index in [0.29, 0.717) is 17.8 Å². The Kier molecular flexibility index (Phi) is 4.12. The molecule has 0 aliphatic carbocycles. The predicted molar refractivity (Wildman–Crippen MR) is 70.3 cm³/mol. The number of hydrogen-bond acceptors (Lipinski definition) is 2. The van der Waals surface area contributed by atoms with Gasteiger partial charge in [-0.25, -0.2) is 0 Å². The average molecular weight is 283 g/mol. The molecule has 16 heavy (non-hydrogen) atoms. The SMILES string of the molecule is C=C(C)CN(C)C(=O)c1cc(Br)ccc1N. The third-order valence-corrected chi connectivity index (χ3v) is 2.59. The van der Waals surface area contributed by atoms with E-state index >= 15 is 0 Å². The van der Waals surface area contributed by atoms with E-state index in [0.717, 1.165) is 10.0 Å². The zero-order valence-electron chi connectivity index (χ0n) is 9.46. The number of benzene rings is 1. The topological polar surface area (TPSA) is 46.3 Å². The normalized spacial score (nSPS) is 9.94. The van der Waals surface area contributed by atoms with E-state index in [1.807, 2.05) is 13.0 Å². The highest BCUT2D eigenvalue weighted by atomic mass is 79.9. The largest absolute Gasteiger partial charge is 0.398 e. The van der Waals surface area contributed by atoms with E-state index < -0.39 is 0 Å². The Morgan fingerprint density at radius 2 is 2.19 bits per heavy atom. The fourth-order valence-corrected chi connectivity index (χ4v) is 1.76. The van der Waals surface area contributed by atoms with Crippen LogP contribution in [0.15, 0.2) is 34.8 Å². The molecule has 1 aromatic carbocycles. The number of halogens is 1. The van der Waals surface area contributed by atoms with Crippen LogP contribution in [0.1, 0.15) is 17.3 Å². The Morgan fingerprint density at radius 3 is 2.75 bits per heavy atom. The lowest BCUT2D eigenvalue weighted by Crippen LogP contribution is -2.28. The fraction of sp³-hybridized carbons (Fsp3) is 0.250. The number of nitrogens with two attached hydrogens (primary N) is 1. The molecule has 0 aromatic heterocycles. The van der Waals surface area contributed by atoms with Gasteiger partial charge in [-0.3, -0.25) is 4.79 Å². The van der Waals surface area contributed by atoms with E-state index in [2.05, 4.69) is 22.5 Å². The zero-order valence-corrected chi connectivity index (χ0v) is 11.0. The summed E-state index contributed by atoms with van der Waals surface area (Å²) in [5, 5.41) is 0. The van der Waals surface area contributed by atoms with Gasteiger partial charge in [-0.05, 0) is 25.1 Å². The van der Waals surface area contributed by atoms with Gasteiger partial charge in [-0.1, -0.05) is 28.1 Å². The van der Waals surface area contributed by atoms with E-state index in [4.69, 9.17) is 5.73 Å². The molecule has 2 N–H and O–H groups in total. The van der Waals surface area contributed by atoms with Crippen LogP contribution < -0.4 is 5.73 Å². The highest BCUT2D eigenvalue weighted by Crippen LogP contribution is 2.19. The fourth-order valence-electron chi connectivity index (χ4n) is 1.40. The minimum atomic E-state index is -0.0956. The molecule has 0 fully saturated rings. The molecular formula is C12H15BrN2O. The summed E-state index contributed by atoms with van der Waals surface area (Å²) < 4.78 is 0.841. The molecule has 0 saturated carbocycles. The third-order valence-electron chi connectivity index (χ3n) is 2.10. The summed E-state index contributed by atoms with van der Waals surface area (Å²) >= 11 is 3.32. The summed E-state index contributed by atoms with van der Waals surface area (Å²) in [5.74, 6) is -0.0956. The Balaban J connectivity index is 2.95. The van der Waals surface area contributed by atoms with Crippen LogP contribution in [0.25, 0.3) is 0 Å². The van der Waals surface area contributed by atoms with E-state index in [1.54, 1.807) is 24.1 Å². The number of nitrogen functional groups attached to an aromatic ring is 1. The third kappa shape index (κ3) is 3.10. The molecule has 0 unspecified atom stereocenters. The summed E-state index contributed by atoms with van der Waals surface area (Å²) in [6.45, 7) is 6.19. The van der Waals surface area contributed by atoms with Gasteiger partial charge in [0.25, 0.3) is 5.91 Å². The van der Waals surface area contributed by atoms with Crippen LogP contribution in [0, 0.1) is 0 Å². The monoisotopic (exact) mass is 282 g/mol. The Labute approximate surface area is 104 Å². The van der Waals surface area contributed by atoms with Crippen molar-refractivity contribution in [2.24, 2.45) is 0 Å². The average Bonchev–Trinajstić information content (AvgIpc) is 2.19. The molecule has 0 bridgehead atoms. The molecule has 0 aliphatic rings. The lowest BCUT2D eigenvalue weighted by atomic mass is 10.1. The van der Waals surface area contributed by atoms with Gasteiger partial charge in [-0.2, -0.15) is 0 Å². The van der Waals surface area contributed by atoms with Crippen molar-refractivity contribution < 1.29 is 4.79 Å². The summed E-state index contributed by atoms with van der Waals surface area (Å²) in [6.07, 6.45) is 0. The summed E-state index contributed by atoms with van der Waals surface area (Å²) in [6, 6.07) is 5.25. The molecule has 1 aromatic rings. The van der Waals surface area contributed by atoms with E-state index in [9.17, 15) is 4.79 Å². The maximum atomic E-state index is 12.0. The highest BCUT2D eigenvalue weighted by molar-refractivity contribution is 9.10. The van der Waals surface area contributed by atoms with Gasteiger partial charge < -0.3 is 10.6 Å². The second-order valence-corrected chi connectivity index (χ2v) is 4.77. The molecule has 0 spiro atoms. The first-order valence-electron chi connectivity index (χ1n) is 4.86. The first-order valence-corrected chi connectivity index (χ1v) is 5.66. The predicted octanol–water partition coefficient (Wildman–Crippen LogP) is 2.68. The van der Waals surface area contributed by atoms with Crippen molar-refractivity contribution >= 4 is 27.5 Å². The van der Waals surface area contributed by atoms with Gasteiger partial charge in [0.1, 0.15) is 0 Å². The van der Waals surface area contributed by atoms with Crippen molar-refractivity contribution in [2.45, 2.75) is 6.92 Å². The maximum absolute atomic E-state index is 12.0. The van der Waals surface area contributed by atoms with Gasteiger partial charge in [0.2, 0.25) is 0 Å². The molecule has 86 valence electrons. The number of nitrogens with zero attached hydrogens (tertiary/aromatic N) is 1. The van der Waals surface area contributed by atoms with Crippen molar-refractivity contribution in [3.05, 3.63) is 40.4 Å². The van der Waals surface area contributed by atoms with Gasteiger partial charge >= 0.3 is 0 Å². The lowest BCUT2D eigenvalue weighted by Gasteiger charge is -2.18. The van der Waals surface area contributed by atoms with Crippen LogP contribution in [0.2, 0.25) is 0 Å². The van der Waals surface area contributed by atoms with Gasteiger partial charge in [0.05, 0.1) is 5.56 Å². The van der Waals surface area contributed by atoms with Crippen LogP contribution >= 0.6 is 15.9 Å². The summed E-state index contributed by atoms with van der Waals surface area (Å²) in [5.41, 5.74) is 7.70. The van der Waals surface area contributed by atoms with Crippen LogP contribution in [0.4, 0.5) is 5.69 Å². The van der Waals surface area contributed by atoms with Crippen molar-refractivity contribution in [3.63, 3.8) is 0 Å². The minimum Gasteiger partial charge on any atom is -0.398 e. The zero-order chi connectivity index (χ0) is 12.3.